The number of likely N-dealkylation sites (N-methyl/N-ethyl adjacent to an activating group) is 1. The van der Waals surface area contributed by atoms with Gasteiger partial charge >= 0.3 is 0 Å². The third-order valence-electron chi connectivity index (χ3n) is 8.41. The van der Waals surface area contributed by atoms with Gasteiger partial charge in [0.05, 0.1) is 0 Å². The summed E-state index contributed by atoms with van der Waals surface area (Å²) in [7, 11) is 4.31. The van der Waals surface area contributed by atoms with E-state index >= 15 is 0 Å². The summed E-state index contributed by atoms with van der Waals surface area (Å²) in [6, 6.07) is 6.77. The van der Waals surface area contributed by atoms with Crippen LogP contribution in [0.15, 0.2) is 18.2 Å². The summed E-state index contributed by atoms with van der Waals surface area (Å²) >= 11 is 0. The van der Waals surface area contributed by atoms with Crippen LogP contribution in [0.3, 0.4) is 0 Å². The van der Waals surface area contributed by atoms with E-state index in [1.54, 1.807) is 5.56 Å². The van der Waals surface area contributed by atoms with Crippen molar-refractivity contribution in [3.63, 3.8) is 0 Å². The van der Waals surface area contributed by atoms with Crippen molar-refractivity contribution in [1.82, 2.24) is 10.2 Å². The number of rotatable bonds is 5. The smallest absolute Gasteiger partial charge is 0.115 e. The molecule has 6 atom stereocenters. The molecule has 0 saturated heterocycles. The van der Waals surface area contributed by atoms with E-state index < -0.39 is 0 Å². The highest BCUT2D eigenvalue weighted by atomic mass is 16.3. The zero-order chi connectivity index (χ0) is 19.2. The monoisotopic (exact) mass is 370 g/mol. The van der Waals surface area contributed by atoms with Crippen LogP contribution in [0.5, 0.6) is 5.75 Å². The Kier molecular flexibility index (Phi) is 5.28. The summed E-state index contributed by atoms with van der Waals surface area (Å²) in [6.07, 6.45) is 7.97. The number of benzene rings is 1. The third kappa shape index (κ3) is 3.42. The number of phenols is 1. The summed E-state index contributed by atoms with van der Waals surface area (Å²) in [5.41, 5.74) is 3.46. The molecule has 0 aromatic heterocycles. The molecule has 0 heterocycles. The fourth-order valence-electron chi connectivity index (χ4n) is 7.09. The van der Waals surface area contributed by atoms with Crippen molar-refractivity contribution in [2.24, 2.45) is 23.2 Å². The average Bonchev–Trinajstić information content (AvgIpc) is 2.98. The molecule has 3 nitrogen and oxygen atoms in total. The molecular weight excluding hydrogens is 332 g/mol. The summed E-state index contributed by atoms with van der Waals surface area (Å²) in [5, 5.41) is 13.7. The Morgan fingerprint density at radius 2 is 2.04 bits per heavy atom. The van der Waals surface area contributed by atoms with E-state index in [4.69, 9.17) is 0 Å². The Morgan fingerprint density at radius 3 is 2.81 bits per heavy atom. The zero-order valence-electron chi connectivity index (χ0n) is 17.7. The molecule has 1 aromatic rings. The molecule has 4 rings (SSSR count). The first-order chi connectivity index (χ1) is 12.9. The maximum absolute atomic E-state index is 9.87. The van der Waals surface area contributed by atoms with E-state index in [0.717, 1.165) is 43.2 Å². The van der Waals surface area contributed by atoms with Crippen molar-refractivity contribution in [3.05, 3.63) is 29.3 Å². The van der Waals surface area contributed by atoms with Gasteiger partial charge in [0.15, 0.2) is 0 Å². The molecule has 0 radical (unpaired) electrons. The number of aryl methyl sites for hydroxylation is 1. The minimum absolute atomic E-state index is 0.436. The molecule has 0 bridgehead atoms. The summed E-state index contributed by atoms with van der Waals surface area (Å²) < 4.78 is 0. The molecule has 2 fully saturated rings. The molecule has 0 spiro atoms. The van der Waals surface area contributed by atoms with Crippen molar-refractivity contribution in [2.75, 3.05) is 27.2 Å². The standard InChI is InChI=1S/C24H38N2O/c1-16(25-13-14-26(3)4)22-9-10-23-21-7-5-17-15-18(27)6-8-19(17)20(21)11-12-24(22,23)2/h6,8,15-16,20-23,25,27H,5,7,9-14H2,1-4H3/t16?,20-,21-,22?,23+,24-/m1/s1. The Bertz CT molecular complexity index is 672. The predicted octanol–water partition coefficient (Wildman–Crippen LogP) is 4.40. The molecule has 2 unspecified atom stereocenters. The number of fused-ring (bicyclic) bond motifs is 5. The van der Waals surface area contributed by atoms with Crippen LogP contribution in [0.2, 0.25) is 0 Å². The zero-order valence-corrected chi connectivity index (χ0v) is 17.7. The second-order valence-corrected chi connectivity index (χ2v) is 10.1. The maximum atomic E-state index is 9.87. The molecule has 2 N–H and O–H groups in total. The first-order valence-electron chi connectivity index (χ1n) is 11.1. The predicted molar refractivity (Wildman–Crippen MR) is 112 cm³/mol. The molecule has 0 amide bonds. The number of hydrogen-bond acceptors (Lipinski definition) is 3. The van der Waals surface area contributed by atoms with Gasteiger partial charge in [-0.05, 0) is 112 Å². The largest absolute Gasteiger partial charge is 0.508 e. The Hall–Kier alpha value is -1.06. The van der Waals surface area contributed by atoms with Crippen LogP contribution in [0.1, 0.15) is 63.0 Å². The highest BCUT2D eigenvalue weighted by Gasteiger charge is 2.55. The van der Waals surface area contributed by atoms with Crippen LogP contribution in [-0.2, 0) is 6.42 Å². The Balaban J connectivity index is 1.49. The van der Waals surface area contributed by atoms with Gasteiger partial charge in [0.25, 0.3) is 0 Å². The van der Waals surface area contributed by atoms with E-state index in [2.05, 4.69) is 44.2 Å². The first kappa shape index (κ1) is 19.3. The molecule has 3 aliphatic carbocycles. The van der Waals surface area contributed by atoms with Crippen LogP contribution in [0.25, 0.3) is 0 Å². The Morgan fingerprint density at radius 1 is 1.22 bits per heavy atom. The van der Waals surface area contributed by atoms with Gasteiger partial charge in [-0.25, -0.2) is 0 Å². The average molecular weight is 371 g/mol. The van der Waals surface area contributed by atoms with E-state index in [1.807, 2.05) is 12.1 Å². The highest BCUT2D eigenvalue weighted by molar-refractivity contribution is 5.40. The van der Waals surface area contributed by atoms with Crippen molar-refractivity contribution < 1.29 is 5.11 Å². The lowest BCUT2D eigenvalue weighted by Crippen LogP contribution is -2.48. The van der Waals surface area contributed by atoms with Gasteiger partial charge in [0.2, 0.25) is 0 Å². The van der Waals surface area contributed by atoms with Crippen LogP contribution in [-0.4, -0.2) is 43.2 Å². The number of aromatic hydroxyl groups is 1. The summed E-state index contributed by atoms with van der Waals surface area (Å²) in [4.78, 5) is 2.27. The molecule has 2 saturated carbocycles. The molecule has 27 heavy (non-hydrogen) atoms. The second kappa shape index (κ2) is 7.40. The van der Waals surface area contributed by atoms with Gasteiger partial charge in [0.1, 0.15) is 5.75 Å². The molecular formula is C24H38N2O. The van der Waals surface area contributed by atoms with Crippen molar-refractivity contribution in [2.45, 2.75) is 64.3 Å². The lowest BCUT2D eigenvalue weighted by atomic mass is 9.53. The molecule has 3 aliphatic rings. The third-order valence-corrected chi connectivity index (χ3v) is 8.41. The number of nitrogens with one attached hydrogen (secondary N) is 1. The van der Waals surface area contributed by atoms with Gasteiger partial charge < -0.3 is 15.3 Å². The van der Waals surface area contributed by atoms with Gasteiger partial charge in [-0.2, -0.15) is 0 Å². The Labute approximate surface area is 165 Å². The van der Waals surface area contributed by atoms with E-state index in [0.29, 0.717) is 17.2 Å². The lowest BCUT2D eigenvalue weighted by Gasteiger charge is -2.52. The van der Waals surface area contributed by atoms with E-state index in [1.165, 1.54) is 37.7 Å². The van der Waals surface area contributed by atoms with Gasteiger partial charge in [0, 0.05) is 19.1 Å². The number of phenolic OH excluding ortho intramolecular Hbond substituents is 1. The van der Waals surface area contributed by atoms with Crippen LogP contribution in [0, 0.1) is 23.2 Å². The van der Waals surface area contributed by atoms with Gasteiger partial charge in [-0.1, -0.05) is 13.0 Å². The second-order valence-electron chi connectivity index (χ2n) is 10.1. The van der Waals surface area contributed by atoms with Crippen LogP contribution < -0.4 is 5.32 Å². The quantitative estimate of drug-likeness (QED) is 0.806. The minimum Gasteiger partial charge on any atom is -0.508 e. The number of nitrogens with zero attached hydrogens (tertiary/aromatic N) is 1. The SMILES string of the molecule is CC(NCCN(C)C)C1CC[C@H]2[C@@H]3CCc4cc(O)ccc4[C@H]3CC[C@]12C. The highest BCUT2D eigenvalue weighted by Crippen LogP contribution is 2.63. The van der Waals surface area contributed by atoms with Crippen molar-refractivity contribution >= 4 is 0 Å². The van der Waals surface area contributed by atoms with Crippen molar-refractivity contribution in [3.8, 4) is 5.75 Å². The first-order valence-corrected chi connectivity index (χ1v) is 11.1. The molecule has 150 valence electrons. The van der Waals surface area contributed by atoms with E-state index in [-0.39, 0.29) is 0 Å². The van der Waals surface area contributed by atoms with Gasteiger partial charge in [-0.15, -0.1) is 0 Å². The molecule has 1 aromatic carbocycles. The normalized spacial score (nSPS) is 36.2. The molecule has 0 aliphatic heterocycles. The minimum atomic E-state index is 0.436. The van der Waals surface area contributed by atoms with Crippen LogP contribution in [0.4, 0.5) is 0 Å². The lowest BCUT2D eigenvalue weighted by molar-refractivity contribution is 0.0181. The topological polar surface area (TPSA) is 35.5 Å². The summed E-state index contributed by atoms with van der Waals surface area (Å²) in [5.74, 6) is 3.70. The van der Waals surface area contributed by atoms with Crippen molar-refractivity contribution in [1.29, 1.82) is 0 Å². The number of hydrogen-bond donors (Lipinski definition) is 2. The van der Waals surface area contributed by atoms with E-state index in [9.17, 15) is 5.11 Å². The maximum Gasteiger partial charge on any atom is 0.115 e. The van der Waals surface area contributed by atoms with Crippen LogP contribution >= 0.6 is 0 Å². The molecule has 3 heteroatoms. The fraction of sp³-hybridized carbons (Fsp3) is 0.750. The van der Waals surface area contributed by atoms with Gasteiger partial charge in [-0.3, -0.25) is 0 Å². The summed E-state index contributed by atoms with van der Waals surface area (Å²) in [6.45, 7) is 7.25. The fourth-order valence-corrected chi connectivity index (χ4v) is 7.09.